The van der Waals surface area contributed by atoms with Crippen LogP contribution in [0.4, 0.5) is 30.7 Å². The van der Waals surface area contributed by atoms with E-state index in [0.717, 1.165) is 23.8 Å². The smallest absolute Gasteiger partial charge is 0.416 e. The summed E-state index contributed by atoms with van der Waals surface area (Å²) >= 11 is 0. The van der Waals surface area contributed by atoms with E-state index in [1.807, 2.05) is 5.32 Å². The first-order valence-electron chi connectivity index (χ1n) is 12.8. The molecule has 1 unspecified atom stereocenters. The summed E-state index contributed by atoms with van der Waals surface area (Å²) in [5.74, 6) is -3.10. The van der Waals surface area contributed by atoms with E-state index in [0.29, 0.717) is 0 Å². The molecule has 222 valence electrons. The first kappa shape index (κ1) is 30.6. The van der Waals surface area contributed by atoms with Crippen molar-refractivity contribution in [2.24, 2.45) is 0 Å². The van der Waals surface area contributed by atoms with Gasteiger partial charge in [-0.15, -0.1) is 0 Å². The van der Waals surface area contributed by atoms with Crippen LogP contribution in [0, 0.1) is 12.7 Å². The summed E-state index contributed by atoms with van der Waals surface area (Å²) in [5, 5.41) is 4.31. The molecule has 1 heterocycles. The lowest BCUT2D eigenvalue weighted by Gasteiger charge is -2.41. The van der Waals surface area contributed by atoms with Gasteiger partial charge in [0.25, 0.3) is 11.8 Å². The van der Waals surface area contributed by atoms with E-state index >= 15 is 0 Å². The zero-order valence-electron chi connectivity index (χ0n) is 22.1. The Morgan fingerprint density at radius 3 is 2.19 bits per heavy atom. The van der Waals surface area contributed by atoms with Crippen molar-refractivity contribution in [3.8, 4) is 5.75 Å². The summed E-state index contributed by atoms with van der Waals surface area (Å²) in [6.45, 7) is 1.46. The molecule has 2 amide bonds. The van der Waals surface area contributed by atoms with Gasteiger partial charge < -0.3 is 15.4 Å². The third kappa shape index (κ3) is 6.75. The lowest BCUT2D eigenvalue weighted by atomic mass is 9.77. The Hall–Kier alpha value is -4.35. The Morgan fingerprint density at radius 2 is 1.60 bits per heavy atom. The number of halogens is 7. The van der Waals surface area contributed by atoms with E-state index in [-0.39, 0.29) is 35.5 Å². The number of nitrogens with one attached hydrogen (secondary N) is 2. The molecule has 42 heavy (non-hydrogen) atoms. The highest BCUT2D eigenvalue weighted by Crippen LogP contribution is 2.48. The summed E-state index contributed by atoms with van der Waals surface area (Å²) < 4.78 is 101. The number of hydrogen-bond donors (Lipinski definition) is 2. The number of hydrogen-bond acceptors (Lipinski definition) is 3. The number of benzene rings is 3. The Morgan fingerprint density at radius 1 is 0.952 bits per heavy atom. The van der Waals surface area contributed by atoms with Gasteiger partial charge in [-0.3, -0.25) is 9.59 Å². The number of amides is 2. The summed E-state index contributed by atoms with van der Waals surface area (Å²) in [6.07, 6.45) is -11.6. The number of ether oxygens (including phenoxy) is 1. The number of alkyl halides is 6. The van der Waals surface area contributed by atoms with Crippen LogP contribution in [0.25, 0.3) is 5.57 Å². The SMILES string of the molecule is Cc1ccc(C2=C(NC(=O)c3ccccc3F)C(=O)NC(c3ccc(OCCCC(F)(F)F)cc3)(C(F)(F)F)C2)cc1. The van der Waals surface area contributed by atoms with Crippen LogP contribution in [0.5, 0.6) is 5.75 Å². The molecule has 0 saturated heterocycles. The Labute approximate surface area is 236 Å². The van der Waals surface area contributed by atoms with Crippen LogP contribution >= 0.6 is 0 Å². The van der Waals surface area contributed by atoms with Gasteiger partial charge in [0.05, 0.1) is 12.2 Å². The van der Waals surface area contributed by atoms with Gasteiger partial charge >= 0.3 is 12.4 Å². The molecule has 4 rings (SSSR count). The minimum absolute atomic E-state index is 0.0486. The second-order valence-corrected chi connectivity index (χ2v) is 9.78. The maximum Gasteiger partial charge on any atom is 0.416 e. The molecule has 3 aromatic carbocycles. The van der Waals surface area contributed by atoms with Gasteiger partial charge in [-0.1, -0.05) is 54.1 Å². The van der Waals surface area contributed by atoms with Gasteiger partial charge in [-0.2, -0.15) is 26.3 Å². The largest absolute Gasteiger partial charge is 0.494 e. The van der Waals surface area contributed by atoms with E-state index in [1.165, 1.54) is 42.5 Å². The average Bonchev–Trinajstić information content (AvgIpc) is 2.92. The van der Waals surface area contributed by atoms with Crippen molar-refractivity contribution >= 4 is 17.4 Å². The second-order valence-electron chi connectivity index (χ2n) is 9.78. The average molecular weight is 595 g/mol. The van der Waals surface area contributed by atoms with Crippen LogP contribution < -0.4 is 15.4 Å². The van der Waals surface area contributed by atoms with Crippen molar-refractivity contribution < 1.29 is 45.1 Å². The zero-order chi connectivity index (χ0) is 30.7. The first-order chi connectivity index (χ1) is 19.7. The maximum atomic E-state index is 14.9. The van der Waals surface area contributed by atoms with Crippen LogP contribution in [-0.4, -0.2) is 30.8 Å². The highest BCUT2D eigenvalue weighted by Gasteiger charge is 2.59. The minimum Gasteiger partial charge on any atom is -0.494 e. The fourth-order valence-corrected chi connectivity index (χ4v) is 4.56. The van der Waals surface area contributed by atoms with Crippen LogP contribution in [0.15, 0.2) is 78.5 Å². The zero-order valence-corrected chi connectivity index (χ0v) is 22.1. The van der Waals surface area contributed by atoms with Crippen molar-refractivity contribution in [2.75, 3.05) is 6.61 Å². The third-order valence-electron chi connectivity index (χ3n) is 6.76. The summed E-state index contributed by atoms with van der Waals surface area (Å²) in [6, 6.07) is 15.7. The molecule has 1 aliphatic heterocycles. The molecule has 0 bridgehead atoms. The van der Waals surface area contributed by atoms with Gasteiger partial charge in [0, 0.05) is 12.8 Å². The molecule has 0 aromatic heterocycles. The van der Waals surface area contributed by atoms with E-state index in [2.05, 4.69) is 5.32 Å². The maximum absolute atomic E-state index is 14.9. The monoisotopic (exact) mass is 594 g/mol. The van der Waals surface area contributed by atoms with Gasteiger partial charge in [-0.05, 0) is 54.3 Å². The van der Waals surface area contributed by atoms with E-state index in [4.69, 9.17) is 4.74 Å². The molecule has 2 N–H and O–H groups in total. The molecule has 0 saturated carbocycles. The number of rotatable bonds is 8. The lowest BCUT2D eigenvalue weighted by molar-refractivity contribution is -0.201. The number of carbonyl (C=O) groups is 2. The fourth-order valence-electron chi connectivity index (χ4n) is 4.56. The molecule has 3 aromatic rings. The van der Waals surface area contributed by atoms with Crippen molar-refractivity contribution in [3.05, 3.63) is 107 Å². The Bertz CT molecular complexity index is 1480. The van der Waals surface area contributed by atoms with Crippen molar-refractivity contribution in [1.82, 2.24) is 10.6 Å². The first-order valence-corrected chi connectivity index (χ1v) is 12.8. The van der Waals surface area contributed by atoms with Crippen molar-refractivity contribution in [2.45, 2.75) is 44.1 Å². The molecule has 0 radical (unpaired) electrons. The van der Waals surface area contributed by atoms with Crippen LogP contribution in [0.2, 0.25) is 0 Å². The van der Waals surface area contributed by atoms with Gasteiger partial charge in [-0.25, -0.2) is 4.39 Å². The number of carbonyl (C=O) groups excluding carboxylic acids is 2. The normalized spacial score (nSPS) is 17.6. The fraction of sp³-hybridized carbons (Fsp3) is 0.267. The van der Waals surface area contributed by atoms with Crippen LogP contribution in [0.3, 0.4) is 0 Å². The molecule has 1 atom stereocenters. The molecule has 5 nitrogen and oxygen atoms in total. The van der Waals surface area contributed by atoms with E-state index in [1.54, 1.807) is 19.1 Å². The van der Waals surface area contributed by atoms with Crippen molar-refractivity contribution in [1.29, 1.82) is 0 Å². The van der Waals surface area contributed by atoms with Crippen LogP contribution in [0.1, 0.15) is 46.3 Å². The van der Waals surface area contributed by atoms with Crippen molar-refractivity contribution in [3.63, 3.8) is 0 Å². The summed E-state index contributed by atoms with van der Waals surface area (Å²) in [5.41, 5.74) is -3.27. The van der Waals surface area contributed by atoms with E-state index < -0.39 is 59.6 Å². The molecule has 0 fully saturated rings. The highest BCUT2D eigenvalue weighted by molar-refractivity contribution is 6.09. The molecule has 0 aliphatic carbocycles. The molecular weight excluding hydrogens is 569 g/mol. The topological polar surface area (TPSA) is 67.4 Å². The predicted octanol–water partition coefficient (Wildman–Crippen LogP) is 6.97. The van der Waals surface area contributed by atoms with Crippen LogP contribution in [-0.2, 0) is 10.3 Å². The summed E-state index contributed by atoms with van der Waals surface area (Å²) in [7, 11) is 0. The standard InChI is InChI=1S/C30H25F7N2O3/c1-18-7-9-19(10-8-18)23-17-28(30(35,36)37,20-11-13-21(14-12-20)42-16-4-15-29(32,33)34)39-27(41)25(23)38-26(40)22-5-2-3-6-24(22)31/h2-3,5-14H,4,15-17H2,1H3,(H,38,40)(H,39,41). The highest BCUT2D eigenvalue weighted by atomic mass is 19.4. The predicted molar refractivity (Wildman–Crippen MR) is 140 cm³/mol. The van der Waals surface area contributed by atoms with Gasteiger partial charge in [0.2, 0.25) is 0 Å². The molecule has 1 aliphatic rings. The quantitative estimate of drug-likeness (QED) is 0.219. The molecular formula is C30H25F7N2O3. The molecule has 0 spiro atoms. The molecule has 12 heteroatoms. The Balaban J connectivity index is 1.72. The minimum atomic E-state index is -5.03. The third-order valence-corrected chi connectivity index (χ3v) is 6.76. The second kappa shape index (κ2) is 11.9. The van der Waals surface area contributed by atoms with E-state index in [9.17, 15) is 40.3 Å². The number of aryl methyl sites for hydroxylation is 1. The van der Waals surface area contributed by atoms with Gasteiger partial charge in [0.15, 0.2) is 5.54 Å². The Kier molecular flexibility index (Phi) is 8.65. The summed E-state index contributed by atoms with van der Waals surface area (Å²) in [4.78, 5) is 26.2. The lowest BCUT2D eigenvalue weighted by Crippen LogP contribution is -2.60. The van der Waals surface area contributed by atoms with Gasteiger partial charge in [0.1, 0.15) is 17.3 Å².